The Hall–Kier alpha value is -1.44. The fourth-order valence-corrected chi connectivity index (χ4v) is 2.93. The topological polar surface area (TPSA) is 87.2 Å². The maximum Gasteiger partial charge on any atom is 0.177 e. The Morgan fingerprint density at radius 1 is 1.47 bits per heavy atom. The molecular weight excluding hydrogens is 266 g/mol. The SMILES string of the molecule is COC(CN)c1nc2c(S(C)(=O)=O)cccc2n1C. The zero-order chi connectivity index (χ0) is 14.2. The molecule has 0 saturated heterocycles. The van der Waals surface area contributed by atoms with Gasteiger partial charge in [0, 0.05) is 27.0 Å². The smallest absolute Gasteiger partial charge is 0.177 e. The lowest BCUT2D eigenvalue weighted by molar-refractivity contribution is 0.101. The fraction of sp³-hybridized carbons (Fsp3) is 0.417. The summed E-state index contributed by atoms with van der Waals surface area (Å²) in [5.74, 6) is 0.621. The maximum atomic E-state index is 11.8. The Bertz CT molecular complexity index is 702. The second-order valence-electron chi connectivity index (χ2n) is 4.39. The van der Waals surface area contributed by atoms with Gasteiger partial charge in [0.05, 0.1) is 10.4 Å². The molecule has 0 aliphatic rings. The minimum atomic E-state index is -3.32. The summed E-state index contributed by atoms with van der Waals surface area (Å²) in [5, 5.41) is 0. The van der Waals surface area contributed by atoms with E-state index in [0.717, 1.165) is 5.52 Å². The Kier molecular flexibility index (Phi) is 3.62. The van der Waals surface area contributed by atoms with Crippen LogP contribution >= 0.6 is 0 Å². The van der Waals surface area contributed by atoms with Gasteiger partial charge in [0.1, 0.15) is 17.4 Å². The quantitative estimate of drug-likeness (QED) is 0.889. The predicted octanol–water partition coefficient (Wildman–Crippen LogP) is 0.623. The van der Waals surface area contributed by atoms with E-state index in [0.29, 0.717) is 11.3 Å². The minimum Gasteiger partial charge on any atom is -0.372 e. The molecule has 2 rings (SSSR count). The van der Waals surface area contributed by atoms with Crippen molar-refractivity contribution in [2.75, 3.05) is 19.9 Å². The number of ether oxygens (including phenoxy) is 1. The van der Waals surface area contributed by atoms with Crippen LogP contribution in [0.2, 0.25) is 0 Å². The van der Waals surface area contributed by atoms with Crippen molar-refractivity contribution in [2.45, 2.75) is 11.0 Å². The molecule has 2 aromatic rings. The highest BCUT2D eigenvalue weighted by atomic mass is 32.2. The van der Waals surface area contributed by atoms with Crippen LogP contribution in [-0.2, 0) is 21.6 Å². The molecule has 1 heterocycles. The van der Waals surface area contributed by atoms with Crippen molar-refractivity contribution >= 4 is 20.9 Å². The third-order valence-electron chi connectivity index (χ3n) is 3.10. The molecule has 1 unspecified atom stereocenters. The highest BCUT2D eigenvalue weighted by Crippen LogP contribution is 2.26. The summed E-state index contributed by atoms with van der Waals surface area (Å²) >= 11 is 0. The Morgan fingerprint density at radius 2 is 2.16 bits per heavy atom. The van der Waals surface area contributed by atoms with Gasteiger partial charge in [0.15, 0.2) is 9.84 Å². The van der Waals surface area contributed by atoms with Gasteiger partial charge >= 0.3 is 0 Å². The predicted molar refractivity (Wildman–Crippen MR) is 72.6 cm³/mol. The van der Waals surface area contributed by atoms with E-state index in [2.05, 4.69) is 4.98 Å². The average Bonchev–Trinajstić information content (AvgIpc) is 2.68. The maximum absolute atomic E-state index is 11.8. The van der Waals surface area contributed by atoms with Crippen LogP contribution in [0.3, 0.4) is 0 Å². The molecule has 0 saturated carbocycles. The first-order valence-corrected chi connectivity index (χ1v) is 7.67. The Morgan fingerprint density at radius 3 is 2.68 bits per heavy atom. The van der Waals surface area contributed by atoms with E-state index >= 15 is 0 Å². The first-order chi connectivity index (χ1) is 8.90. The number of para-hydroxylation sites is 1. The van der Waals surface area contributed by atoms with Gasteiger partial charge in [-0.3, -0.25) is 0 Å². The number of hydrogen-bond donors (Lipinski definition) is 1. The molecule has 0 aliphatic heterocycles. The molecule has 0 aliphatic carbocycles. The molecule has 1 atom stereocenters. The number of aromatic nitrogens is 2. The zero-order valence-electron chi connectivity index (χ0n) is 11.1. The van der Waals surface area contributed by atoms with Gasteiger partial charge in [-0.15, -0.1) is 0 Å². The van der Waals surface area contributed by atoms with Crippen molar-refractivity contribution in [3.05, 3.63) is 24.0 Å². The van der Waals surface area contributed by atoms with E-state index in [-0.39, 0.29) is 17.5 Å². The number of sulfone groups is 1. The molecule has 0 spiro atoms. The van der Waals surface area contributed by atoms with E-state index in [4.69, 9.17) is 10.5 Å². The number of methoxy groups -OCH3 is 1. The van der Waals surface area contributed by atoms with Crippen LogP contribution in [0.25, 0.3) is 11.0 Å². The van der Waals surface area contributed by atoms with Crippen molar-refractivity contribution in [3.8, 4) is 0 Å². The van der Waals surface area contributed by atoms with Crippen molar-refractivity contribution in [3.63, 3.8) is 0 Å². The van der Waals surface area contributed by atoms with E-state index in [1.807, 2.05) is 17.7 Å². The van der Waals surface area contributed by atoms with Crippen LogP contribution < -0.4 is 5.73 Å². The van der Waals surface area contributed by atoms with E-state index in [9.17, 15) is 8.42 Å². The number of benzene rings is 1. The molecule has 2 N–H and O–H groups in total. The first-order valence-electron chi connectivity index (χ1n) is 5.78. The van der Waals surface area contributed by atoms with E-state index in [1.165, 1.54) is 6.26 Å². The molecule has 7 heteroatoms. The largest absolute Gasteiger partial charge is 0.372 e. The number of fused-ring (bicyclic) bond motifs is 1. The fourth-order valence-electron chi connectivity index (χ4n) is 2.10. The minimum absolute atomic E-state index is 0.221. The highest BCUT2D eigenvalue weighted by Gasteiger charge is 2.21. The van der Waals surface area contributed by atoms with Crippen LogP contribution in [0, 0.1) is 0 Å². The van der Waals surface area contributed by atoms with Crippen molar-refractivity contribution in [2.24, 2.45) is 12.8 Å². The van der Waals surface area contributed by atoms with E-state index in [1.54, 1.807) is 19.2 Å². The summed E-state index contributed by atoms with van der Waals surface area (Å²) in [5.41, 5.74) is 6.83. The standard InChI is InChI=1S/C12H17N3O3S/c1-15-8-5-4-6-10(19(3,16)17)11(8)14-12(15)9(7-13)18-2/h4-6,9H,7,13H2,1-3H3. The van der Waals surface area contributed by atoms with Gasteiger partial charge < -0.3 is 15.0 Å². The van der Waals surface area contributed by atoms with Crippen LogP contribution in [0.1, 0.15) is 11.9 Å². The van der Waals surface area contributed by atoms with Gasteiger partial charge in [-0.25, -0.2) is 13.4 Å². The lowest BCUT2D eigenvalue weighted by Gasteiger charge is -2.12. The molecule has 0 amide bonds. The molecule has 19 heavy (non-hydrogen) atoms. The average molecular weight is 283 g/mol. The monoisotopic (exact) mass is 283 g/mol. The van der Waals surface area contributed by atoms with Gasteiger partial charge in [0.25, 0.3) is 0 Å². The number of aryl methyl sites for hydroxylation is 1. The lowest BCUT2D eigenvalue weighted by atomic mass is 10.3. The lowest BCUT2D eigenvalue weighted by Crippen LogP contribution is -2.17. The number of hydrogen-bond acceptors (Lipinski definition) is 5. The van der Waals surface area contributed by atoms with E-state index < -0.39 is 9.84 Å². The molecular formula is C12H17N3O3S. The normalized spacial score (nSPS) is 13.9. The zero-order valence-corrected chi connectivity index (χ0v) is 11.9. The summed E-state index contributed by atoms with van der Waals surface area (Å²) in [7, 11) is 0.0479. The number of nitrogens with two attached hydrogens (primary N) is 1. The third kappa shape index (κ3) is 2.36. The van der Waals surface area contributed by atoms with Crippen molar-refractivity contribution in [1.29, 1.82) is 0 Å². The third-order valence-corrected chi connectivity index (χ3v) is 4.22. The van der Waals surface area contributed by atoms with Crippen molar-refractivity contribution in [1.82, 2.24) is 9.55 Å². The first kappa shape index (κ1) is 14.0. The highest BCUT2D eigenvalue weighted by molar-refractivity contribution is 7.91. The second kappa shape index (κ2) is 4.92. The summed E-state index contributed by atoms with van der Waals surface area (Å²) in [6.07, 6.45) is 0.817. The molecule has 1 aromatic carbocycles. The number of imidazole rings is 1. The molecule has 0 bridgehead atoms. The second-order valence-corrected chi connectivity index (χ2v) is 6.37. The summed E-state index contributed by atoms with van der Waals surface area (Å²) in [6.45, 7) is 0.280. The molecule has 0 fully saturated rings. The van der Waals surface area contributed by atoms with Gasteiger partial charge in [-0.05, 0) is 12.1 Å². The van der Waals surface area contributed by atoms with Gasteiger partial charge in [0.2, 0.25) is 0 Å². The van der Waals surface area contributed by atoms with Crippen molar-refractivity contribution < 1.29 is 13.2 Å². The molecule has 6 nitrogen and oxygen atoms in total. The number of nitrogens with zero attached hydrogens (tertiary/aromatic N) is 2. The molecule has 1 aromatic heterocycles. The summed E-state index contributed by atoms with van der Waals surface area (Å²) in [6, 6.07) is 5.08. The summed E-state index contributed by atoms with van der Waals surface area (Å²) < 4.78 is 30.6. The molecule has 0 radical (unpaired) electrons. The van der Waals surface area contributed by atoms with Crippen LogP contribution in [0.5, 0.6) is 0 Å². The Labute approximate surface area is 112 Å². The van der Waals surface area contributed by atoms with Gasteiger partial charge in [-0.1, -0.05) is 6.07 Å². The summed E-state index contributed by atoms with van der Waals surface area (Å²) in [4.78, 5) is 4.62. The molecule has 104 valence electrons. The van der Waals surface area contributed by atoms with Crippen LogP contribution in [-0.4, -0.2) is 37.9 Å². The van der Waals surface area contributed by atoms with Crippen LogP contribution in [0.4, 0.5) is 0 Å². The number of rotatable bonds is 4. The Balaban J connectivity index is 2.77. The van der Waals surface area contributed by atoms with Crippen LogP contribution in [0.15, 0.2) is 23.1 Å². The van der Waals surface area contributed by atoms with Gasteiger partial charge in [-0.2, -0.15) is 0 Å².